The molecule has 0 aromatic heterocycles. The summed E-state index contributed by atoms with van der Waals surface area (Å²) in [6.07, 6.45) is 0. The van der Waals surface area contributed by atoms with Gasteiger partial charge < -0.3 is 0 Å². The Labute approximate surface area is 114 Å². The largest absolute Gasteiger partial charge is 0.260 e. The molecule has 3 rings (SSSR count). The van der Waals surface area contributed by atoms with Crippen molar-refractivity contribution >= 4 is 8.37 Å². The predicted octanol–water partition coefficient (Wildman–Crippen LogP) is 3.09. The van der Waals surface area contributed by atoms with Gasteiger partial charge in [-0.25, -0.2) is 0 Å². The highest BCUT2D eigenvalue weighted by atomic mass is 31.2. The lowest BCUT2D eigenvalue weighted by Crippen LogP contribution is -2.61. The van der Waals surface area contributed by atoms with Crippen LogP contribution in [-0.4, -0.2) is 53.8 Å². The maximum atomic E-state index is 2.76. The molecular weight excluding hydrogens is 241 g/mol. The highest BCUT2D eigenvalue weighted by molar-refractivity contribution is 7.50. The summed E-state index contributed by atoms with van der Waals surface area (Å²) >= 11 is 0. The summed E-state index contributed by atoms with van der Waals surface area (Å²) in [6, 6.07) is 0. The second kappa shape index (κ2) is 5.36. The highest BCUT2D eigenvalue weighted by Gasteiger charge is 2.49. The SMILES string of the molecule is CC(C)CN1CC2(C)CN(C)P1N(CC(C)C)C2. The third-order valence-corrected chi connectivity index (χ3v) is 6.08. The summed E-state index contributed by atoms with van der Waals surface area (Å²) in [5, 5.41) is 0. The van der Waals surface area contributed by atoms with Gasteiger partial charge in [-0.05, 0) is 18.9 Å². The lowest BCUT2D eigenvalue weighted by Gasteiger charge is -2.60. The minimum Gasteiger partial charge on any atom is -0.260 e. The first-order chi connectivity index (χ1) is 8.31. The van der Waals surface area contributed by atoms with Crippen molar-refractivity contribution in [3.05, 3.63) is 0 Å². The van der Waals surface area contributed by atoms with Crippen LogP contribution in [-0.2, 0) is 0 Å². The van der Waals surface area contributed by atoms with Crippen molar-refractivity contribution in [2.75, 3.05) is 39.8 Å². The summed E-state index contributed by atoms with van der Waals surface area (Å²) in [7, 11) is 2.13. The van der Waals surface area contributed by atoms with Crippen LogP contribution in [0.4, 0.5) is 0 Å². The van der Waals surface area contributed by atoms with Gasteiger partial charge >= 0.3 is 0 Å². The minimum atomic E-state index is -0.188. The zero-order valence-electron chi connectivity index (χ0n) is 13.0. The van der Waals surface area contributed by atoms with E-state index in [1.165, 1.54) is 32.7 Å². The van der Waals surface area contributed by atoms with Crippen LogP contribution < -0.4 is 0 Å². The number of nitrogens with zero attached hydrogens (tertiary/aromatic N) is 3. The molecule has 2 bridgehead atoms. The Balaban J connectivity index is 2.15. The third-order valence-electron chi connectivity index (χ3n) is 3.70. The van der Waals surface area contributed by atoms with Crippen molar-refractivity contribution in [1.29, 1.82) is 0 Å². The second-order valence-corrected chi connectivity index (χ2v) is 9.73. The quantitative estimate of drug-likeness (QED) is 0.728. The molecule has 0 aromatic rings. The third kappa shape index (κ3) is 3.07. The molecule has 3 heterocycles. The van der Waals surface area contributed by atoms with E-state index in [-0.39, 0.29) is 8.37 Å². The van der Waals surface area contributed by atoms with Gasteiger partial charge in [0.1, 0.15) is 8.37 Å². The second-order valence-electron chi connectivity index (χ2n) is 7.38. The van der Waals surface area contributed by atoms with Crippen LogP contribution in [0.5, 0.6) is 0 Å². The van der Waals surface area contributed by atoms with Crippen LogP contribution >= 0.6 is 8.37 Å². The Morgan fingerprint density at radius 1 is 0.944 bits per heavy atom. The van der Waals surface area contributed by atoms with Gasteiger partial charge in [0.2, 0.25) is 0 Å². The Hall–Kier alpha value is 0.310. The smallest absolute Gasteiger partial charge is 0.120 e. The standard InChI is InChI=1S/C14H30N3P/c1-12(2)7-16-10-14(5)9-15(6)18(16)17(11-14)8-13(3)4/h12-13H,7-11H2,1-6H3. The molecule has 3 nitrogen and oxygen atoms in total. The van der Waals surface area contributed by atoms with Crippen molar-refractivity contribution in [3.8, 4) is 0 Å². The summed E-state index contributed by atoms with van der Waals surface area (Å²) in [4.78, 5) is 0. The molecule has 0 amide bonds. The molecule has 0 aliphatic carbocycles. The molecule has 0 unspecified atom stereocenters. The fraction of sp³-hybridized carbons (Fsp3) is 1.00. The molecule has 0 N–H and O–H groups in total. The summed E-state index contributed by atoms with van der Waals surface area (Å²) in [6.45, 7) is 18.2. The molecule has 0 saturated carbocycles. The normalized spacial score (nSPS) is 35.0. The van der Waals surface area contributed by atoms with Crippen LogP contribution in [0.15, 0.2) is 0 Å². The summed E-state index contributed by atoms with van der Waals surface area (Å²) in [5.74, 6) is 1.54. The van der Waals surface area contributed by atoms with E-state index in [0.717, 1.165) is 11.8 Å². The van der Waals surface area contributed by atoms with Crippen molar-refractivity contribution in [2.24, 2.45) is 17.3 Å². The Kier molecular flexibility index (Phi) is 4.38. The highest BCUT2D eigenvalue weighted by Crippen LogP contribution is 2.58. The number of fused-ring (bicyclic) bond motifs is 3. The van der Waals surface area contributed by atoms with Crippen LogP contribution in [0.1, 0.15) is 34.6 Å². The number of hydrogen-bond donors (Lipinski definition) is 0. The lowest BCUT2D eigenvalue weighted by atomic mass is 9.89. The van der Waals surface area contributed by atoms with Gasteiger partial charge in [-0.1, -0.05) is 34.6 Å². The Morgan fingerprint density at radius 3 is 1.72 bits per heavy atom. The fourth-order valence-electron chi connectivity index (χ4n) is 3.50. The maximum absolute atomic E-state index is 2.76. The Morgan fingerprint density at radius 2 is 1.39 bits per heavy atom. The van der Waals surface area contributed by atoms with Crippen molar-refractivity contribution < 1.29 is 0 Å². The average molecular weight is 271 g/mol. The number of rotatable bonds is 4. The van der Waals surface area contributed by atoms with Gasteiger partial charge in [-0.3, -0.25) is 14.0 Å². The van der Waals surface area contributed by atoms with Gasteiger partial charge in [0.25, 0.3) is 0 Å². The van der Waals surface area contributed by atoms with Crippen molar-refractivity contribution in [1.82, 2.24) is 14.0 Å². The van der Waals surface area contributed by atoms with E-state index in [9.17, 15) is 0 Å². The van der Waals surface area contributed by atoms with E-state index in [4.69, 9.17) is 0 Å². The topological polar surface area (TPSA) is 9.72 Å². The van der Waals surface area contributed by atoms with E-state index in [1.54, 1.807) is 0 Å². The zero-order chi connectivity index (χ0) is 13.5. The summed E-state index contributed by atoms with van der Waals surface area (Å²) in [5.41, 5.74) is 0.468. The molecule has 0 aromatic carbocycles. The molecule has 3 fully saturated rings. The average Bonchev–Trinajstić information content (AvgIpc) is 2.11. The van der Waals surface area contributed by atoms with E-state index in [1.807, 2.05) is 0 Å². The first-order valence-electron chi connectivity index (χ1n) is 7.31. The van der Waals surface area contributed by atoms with Crippen LogP contribution in [0.2, 0.25) is 0 Å². The first-order valence-corrected chi connectivity index (χ1v) is 8.51. The van der Waals surface area contributed by atoms with Gasteiger partial charge in [0.15, 0.2) is 0 Å². The van der Waals surface area contributed by atoms with E-state index in [0.29, 0.717) is 5.41 Å². The van der Waals surface area contributed by atoms with Gasteiger partial charge in [0.05, 0.1) is 0 Å². The molecule has 0 radical (unpaired) electrons. The monoisotopic (exact) mass is 271 g/mol. The van der Waals surface area contributed by atoms with E-state index >= 15 is 0 Å². The maximum Gasteiger partial charge on any atom is 0.120 e. The molecule has 0 atom stereocenters. The van der Waals surface area contributed by atoms with Crippen LogP contribution in [0.3, 0.4) is 0 Å². The van der Waals surface area contributed by atoms with Crippen molar-refractivity contribution in [3.63, 3.8) is 0 Å². The Bertz CT molecular complexity index is 273. The fourth-order valence-corrected chi connectivity index (χ4v) is 7.07. The zero-order valence-corrected chi connectivity index (χ0v) is 13.9. The van der Waals surface area contributed by atoms with Gasteiger partial charge in [0, 0.05) is 38.1 Å². The van der Waals surface area contributed by atoms with Gasteiger partial charge in [-0.15, -0.1) is 0 Å². The molecule has 3 aliphatic heterocycles. The first kappa shape index (κ1) is 14.7. The molecule has 4 heteroatoms. The van der Waals surface area contributed by atoms with Gasteiger partial charge in [-0.2, -0.15) is 0 Å². The molecule has 18 heavy (non-hydrogen) atoms. The lowest BCUT2D eigenvalue weighted by molar-refractivity contribution is 0.0726. The predicted molar refractivity (Wildman–Crippen MR) is 80.5 cm³/mol. The molecule has 106 valence electrons. The van der Waals surface area contributed by atoms with Crippen LogP contribution in [0, 0.1) is 17.3 Å². The molecule has 3 aliphatic rings. The van der Waals surface area contributed by atoms with E-state index < -0.39 is 0 Å². The van der Waals surface area contributed by atoms with Crippen molar-refractivity contribution in [2.45, 2.75) is 34.6 Å². The number of hydrogen-bond acceptors (Lipinski definition) is 3. The van der Waals surface area contributed by atoms with E-state index in [2.05, 4.69) is 55.7 Å². The molecule has 3 saturated heterocycles. The van der Waals surface area contributed by atoms with Crippen LogP contribution in [0.25, 0.3) is 0 Å². The minimum absolute atomic E-state index is 0.188. The molecule has 0 spiro atoms. The summed E-state index contributed by atoms with van der Waals surface area (Å²) < 4.78 is 8.14. The molecular formula is C14H30N3P.